The highest BCUT2D eigenvalue weighted by Crippen LogP contribution is 2.18. The summed E-state index contributed by atoms with van der Waals surface area (Å²) >= 11 is 0. The minimum atomic E-state index is -4.11. The Hall–Kier alpha value is -2.32. The summed E-state index contributed by atoms with van der Waals surface area (Å²) in [7, 11) is -4.11. The molecule has 0 radical (unpaired) electrons. The molecule has 2 aromatic carbocycles. The van der Waals surface area contributed by atoms with Crippen molar-refractivity contribution in [1.29, 1.82) is 0 Å². The first-order valence-corrected chi connectivity index (χ1v) is 7.20. The van der Waals surface area contributed by atoms with Crippen molar-refractivity contribution in [3.05, 3.63) is 59.7 Å². The number of benzene rings is 2. The normalized spacial score (nSPS) is 11.2. The molecule has 2 aromatic rings. The van der Waals surface area contributed by atoms with Gasteiger partial charge in [0.25, 0.3) is 5.91 Å². The van der Waals surface area contributed by atoms with E-state index in [0.717, 1.165) is 30.3 Å². The molecule has 0 saturated heterocycles. The second-order valence-corrected chi connectivity index (χ2v) is 5.75. The van der Waals surface area contributed by atoms with Crippen LogP contribution in [0, 0.1) is 11.6 Å². The largest absolute Gasteiger partial charge is 0.322 e. The zero-order valence-electron chi connectivity index (χ0n) is 10.5. The van der Waals surface area contributed by atoms with Crippen LogP contribution in [0.1, 0.15) is 10.4 Å². The third kappa shape index (κ3) is 3.83. The average Bonchev–Trinajstić information content (AvgIpc) is 2.37. The number of hydrogen-bond donors (Lipinski definition) is 2. The molecule has 110 valence electrons. The Kier molecular flexibility index (Phi) is 4.01. The average molecular weight is 312 g/mol. The van der Waals surface area contributed by atoms with Crippen molar-refractivity contribution in [2.24, 2.45) is 5.14 Å². The van der Waals surface area contributed by atoms with E-state index < -0.39 is 32.5 Å². The maximum atomic E-state index is 13.3. The molecule has 5 nitrogen and oxygen atoms in total. The molecule has 0 bridgehead atoms. The van der Waals surface area contributed by atoms with E-state index in [0.29, 0.717) is 0 Å². The first kappa shape index (κ1) is 15.1. The van der Waals surface area contributed by atoms with Gasteiger partial charge >= 0.3 is 0 Å². The smallest absolute Gasteiger partial charge is 0.255 e. The maximum absolute atomic E-state index is 13.3. The minimum absolute atomic E-state index is 0.0106. The number of carbonyl (C=O) groups excluding carboxylic acids is 1. The molecule has 0 heterocycles. The van der Waals surface area contributed by atoms with Gasteiger partial charge in [-0.15, -0.1) is 0 Å². The van der Waals surface area contributed by atoms with E-state index in [1.54, 1.807) is 0 Å². The van der Waals surface area contributed by atoms with Crippen molar-refractivity contribution in [3.63, 3.8) is 0 Å². The fourth-order valence-corrected chi connectivity index (χ4v) is 2.20. The van der Waals surface area contributed by atoms with Crippen LogP contribution in [0.5, 0.6) is 0 Å². The van der Waals surface area contributed by atoms with Gasteiger partial charge in [-0.2, -0.15) is 0 Å². The van der Waals surface area contributed by atoms with Crippen LogP contribution in [-0.4, -0.2) is 14.3 Å². The Morgan fingerprint density at radius 1 is 1.05 bits per heavy atom. The summed E-state index contributed by atoms with van der Waals surface area (Å²) in [5.74, 6) is -2.19. The maximum Gasteiger partial charge on any atom is 0.255 e. The molecule has 0 aliphatic carbocycles. The Balaban J connectivity index is 2.32. The number of halogens is 2. The second-order valence-electron chi connectivity index (χ2n) is 4.19. The van der Waals surface area contributed by atoms with Crippen LogP contribution >= 0.6 is 0 Å². The molecule has 0 fully saturated rings. The number of amides is 1. The molecule has 0 atom stereocenters. The fraction of sp³-hybridized carbons (Fsp3) is 0. The summed E-state index contributed by atoms with van der Waals surface area (Å²) in [5.41, 5.74) is -0.0929. The van der Waals surface area contributed by atoms with Gasteiger partial charge in [0.05, 0.1) is 4.90 Å². The zero-order valence-corrected chi connectivity index (χ0v) is 11.3. The van der Waals surface area contributed by atoms with Crippen molar-refractivity contribution in [1.82, 2.24) is 0 Å². The lowest BCUT2D eigenvalue weighted by Crippen LogP contribution is -2.15. The van der Waals surface area contributed by atoms with Crippen molar-refractivity contribution >= 4 is 21.6 Å². The van der Waals surface area contributed by atoms with Crippen LogP contribution in [0.25, 0.3) is 0 Å². The fourth-order valence-electron chi connectivity index (χ4n) is 1.63. The molecule has 0 aromatic heterocycles. The van der Waals surface area contributed by atoms with Crippen molar-refractivity contribution in [2.75, 3.05) is 5.32 Å². The van der Waals surface area contributed by atoms with Gasteiger partial charge in [0.15, 0.2) is 0 Å². The van der Waals surface area contributed by atoms with Crippen molar-refractivity contribution < 1.29 is 22.0 Å². The van der Waals surface area contributed by atoms with Gasteiger partial charge in [-0.1, -0.05) is 6.07 Å². The highest BCUT2D eigenvalue weighted by molar-refractivity contribution is 7.89. The van der Waals surface area contributed by atoms with Gasteiger partial charge < -0.3 is 5.32 Å². The van der Waals surface area contributed by atoms with E-state index in [1.165, 1.54) is 12.1 Å². The monoisotopic (exact) mass is 312 g/mol. The predicted octanol–water partition coefficient (Wildman–Crippen LogP) is 1.86. The Morgan fingerprint density at radius 3 is 2.38 bits per heavy atom. The van der Waals surface area contributed by atoms with E-state index in [1.807, 2.05) is 0 Å². The van der Waals surface area contributed by atoms with Crippen LogP contribution in [-0.2, 0) is 10.0 Å². The molecular weight excluding hydrogens is 302 g/mol. The van der Waals surface area contributed by atoms with Crippen LogP contribution in [0.3, 0.4) is 0 Å². The van der Waals surface area contributed by atoms with Gasteiger partial charge in [-0.05, 0) is 36.4 Å². The first-order valence-electron chi connectivity index (χ1n) is 5.66. The predicted molar refractivity (Wildman–Crippen MR) is 72.1 cm³/mol. The number of anilines is 1. The highest BCUT2D eigenvalue weighted by Gasteiger charge is 2.13. The Bertz CT molecular complexity index is 807. The molecule has 8 heteroatoms. The molecule has 1 amide bonds. The summed E-state index contributed by atoms with van der Waals surface area (Å²) in [5, 5.41) is 7.17. The number of nitrogens with one attached hydrogen (secondary N) is 1. The van der Waals surface area contributed by atoms with Crippen molar-refractivity contribution in [2.45, 2.75) is 4.90 Å². The van der Waals surface area contributed by atoms with E-state index in [4.69, 9.17) is 5.14 Å². The number of sulfonamides is 1. The van der Waals surface area contributed by atoms with Crippen LogP contribution in [0.2, 0.25) is 0 Å². The van der Waals surface area contributed by atoms with Gasteiger partial charge in [0.1, 0.15) is 11.6 Å². The topological polar surface area (TPSA) is 89.3 Å². The van der Waals surface area contributed by atoms with E-state index >= 15 is 0 Å². The standard InChI is InChI=1S/C13H10F2N2O3S/c14-9-3-1-2-8(4-9)13(18)17-11-5-10(15)6-12(7-11)21(16,19)20/h1-7H,(H,17,18)(H2,16,19,20). The minimum Gasteiger partial charge on any atom is -0.322 e. The van der Waals surface area contributed by atoms with Crippen LogP contribution in [0.4, 0.5) is 14.5 Å². The SMILES string of the molecule is NS(=O)(=O)c1cc(F)cc(NC(=O)c2cccc(F)c2)c1. The third-order valence-corrected chi connectivity index (χ3v) is 3.44. The van der Waals surface area contributed by atoms with E-state index in [2.05, 4.69) is 5.32 Å². The van der Waals surface area contributed by atoms with E-state index in [9.17, 15) is 22.0 Å². The van der Waals surface area contributed by atoms with Crippen molar-refractivity contribution in [3.8, 4) is 0 Å². The summed E-state index contributed by atoms with van der Waals surface area (Å²) in [6.45, 7) is 0. The summed E-state index contributed by atoms with van der Waals surface area (Å²) in [4.78, 5) is 11.4. The van der Waals surface area contributed by atoms with Crippen LogP contribution < -0.4 is 10.5 Å². The summed E-state index contributed by atoms with van der Waals surface area (Å²) in [6, 6.07) is 7.52. The Morgan fingerprint density at radius 2 is 1.76 bits per heavy atom. The molecule has 0 aliphatic rings. The molecule has 0 saturated carbocycles. The molecule has 0 unspecified atom stereocenters. The third-order valence-electron chi connectivity index (χ3n) is 2.54. The molecule has 0 aliphatic heterocycles. The van der Waals surface area contributed by atoms with Gasteiger partial charge in [-0.25, -0.2) is 22.3 Å². The number of hydrogen-bond acceptors (Lipinski definition) is 3. The highest BCUT2D eigenvalue weighted by atomic mass is 32.2. The van der Waals surface area contributed by atoms with E-state index in [-0.39, 0.29) is 11.3 Å². The van der Waals surface area contributed by atoms with Gasteiger partial charge in [0.2, 0.25) is 10.0 Å². The first-order chi connectivity index (χ1) is 9.75. The lowest BCUT2D eigenvalue weighted by molar-refractivity contribution is 0.102. The van der Waals surface area contributed by atoms with Crippen LogP contribution in [0.15, 0.2) is 47.4 Å². The Labute approximate surface area is 119 Å². The summed E-state index contributed by atoms with van der Waals surface area (Å²) in [6.07, 6.45) is 0. The van der Waals surface area contributed by atoms with Gasteiger partial charge in [0, 0.05) is 11.3 Å². The second kappa shape index (κ2) is 5.58. The zero-order chi connectivity index (χ0) is 15.6. The summed E-state index contributed by atoms with van der Waals surface area (Å²) < 4.78 is 48.7. The number of nitrogens with two attached hydrogens (primary N) is 1. The van der Waals surface area contributed by atoms with Gasteiger partial charge in [-0.3, -0.25) is 4.79 Å². The molecule has 3 N–H and O–H groups in total. The number of rotatable bonds is 3. The number of primary sulfonamides is 1. The lowest BCUT2D eigenvalue weighted by Gasteiger charge is -2.07. The molecule has 2 rings (SSSR count). The quantitative estimate of drug-likeness (QED) is 0.906. The molecule has 0 spiro atoms. The molecule has 21 heavy (non-hydrogen) atoms. The lowest BCUT2D eigenvalue weighted by atomic mass is 10.2. The molecular formula is C13H10F2N2O3S. The number of carbonyl (C=O) groups is 1.